The lowest BCUT2D eigenvalue weighted by molar-refractivity contribution is -0.141. The van der Waals surface area contributed by atoms with Gasteiger partial charge in [-0.2, -0.15) is 0 Å². The lowest BCUT2D eigenvalue weighted by Crippen LogP contribution is -1.99. The summed E-state index contributed by atoms with van der Waals surface area (Å²) in [7, 11) is 0. The van der Waals surface area contributed by atoms with Crippen LogP contribution in [0.4, 0.5) is 0 Å². The Morgan fingerprint density at radius 2 is 1.73 bits per heavy atom. The second-order valence-electron chi connectivity index (χ2n) is 3.80. The highest BCUT2D eigenvalue weighted by atomic mass is 16.5. The Morgan fingerprint density at radius 1 is 1.07 bits per heavy atom. The maximum absolute atomic E-state index is 10.4. The third-order valence-electron chi connectivity index (χ3n) is 2.19. The number of ether oxygens (including phenoxy) is 1. The van der Waals surface area contributed by atoms with E-state index < -0.39 is 0 Å². The smallest absolute Gasteiger partial charge is 0.302 e. The largest absolute Gasteiger partial charge is 0.466 e. The van der Waals surface area contributed by atoms with E-state index in [1.54, 1.807) is 0 Å². The summed E-state index contributed by atoms with van der Waals surface area (Å²) in [4.78, 5) is 10.4. The highest BCUT2D eigenvalue weighted by Crippen LogP contribution is 2.04. The Bertz CT molecular complexity index is 173. The van der Waals surface area contributed by atoms with Gasteiger partial charge in [0.15, 0.2) is 0 Å². The molecule has 0 N–H and O–H groups in total. The van der Waals surface area contributed by atoms with Crippen molar-refractivity contribution in [3.63, 3.8) is 0 Å². The average molecular weight is 212 g/mol. The van der Waals surface area contributed by atoms with Crippen molar-refractivity contribution in [3.8, 4) is 0 Å². The van der Waals surface area contributed by atoms with Crippen LogP contribution in [0.5, 0.6) is 0 Å². The van der Waals surface area contributed by atoms with Gasteiger partial charge in [0, 0.05) is 6.92 Å². The standard InChI is InChI=1S/C13H24O2/c1-3-4-5-6-7-8-9-10-11-12-15-13(2)14/h5-6H,3-4,7-12H2,1-2H3. The van der Waals surface area contributed by atoms with E-state index in [0.29, 0.717) is 6.61 Å². The summed E-state index contributed by atoms with van der Waals surface area (Å²) in [5.74, 6) is -0.169. The van der Waals surface area contributed by atoms with Gasteiger partial charge in [0.05, 0.1) is 6.61 Å². The third kappa shape index (κ3) is 13.2. The van der Waals surface area contributed by atoms with Crippen LogP contribution in [-0.4, -0.2) is 12.6 Å². The zero-order chi connectivity index (χ0) is 11.4. The van der Waals surface area contributed by atoms with E-state index in [2.05, 4.69) is 19.1 Å². The summed E-state index contributed by atoms with van der Waals surface area (Å²) in [6, 6.07) is 0. The van der Waals surface area contributed by atoms with Crippen LogP contribution in [0.2, 0.25) is 0 Å². The van der Waals surface area contributed by atoms with E-state index in [9.17, 15) is 4.79 Å². The molecule has 0 saturated carbocycles. The topological polar surface area (TPSA) is 26.3 Å². The molecule has 0 aromatic carbocycles. The molecule has 0 aliphatic carbocycles. The van der Waals surface area contributed by atoms with Gasteiger partial charge in [-0.1, -0.05) is 38.3 Å². The van der Waals surface area contributed by atoms with Gasteiger partial charge in [0.2, 0.25) is 0 Å². The molecule has 88 valence electrons. The lowest BCUT2D eigenvalue weighted by atomic mass is 10.1. The first-order valence-electron chi connectivity index (χ1n) is 6.05. The van der Waals surface area contributed by atoms with Crippen LogP contribution in [0.15, 0.2) is 12.2 Å². The molecule has 15 heavy (non-hydrogen) atoms. The predicted octanol–water partition coefficient (Wildman–Crippen LogP) is 3.86. The molecular weight excluding hydrogens is 188 g/mol. The quantitative estimate of drug-likeness (QED) is 0.329. The van der Waals surface area contributed by atoms with Gasteiger partial charge < -0.3 is 4.74 Å². The fraction of sp³-hybridized carbons (Fsp3) is 0.769. The minimum absolute atomic E-state index is 0.169. The molecule has 0 aromatic rings. The fourth-order valence-electron chi connectivity index (χ4n) is 1.34. The number of unbranched alkanes of at least 4 members (excludes halogenated alkanes) is 5. The molecule has 0 aliphatic heterocycles. The van der Waals surface area contributed by atoms with Crippen molar-refractivity contribution in [2.75, 3.05) is 6.61 Å². The van der Waals surface area contributed by atoms with E-state index in [-0.39, 0.29) is 5.97 Å². The van der Waals surface area contributed by atoms with Gasteiger partial charge in [-0.15, -0.1) is 0 Å². The zero-order valence-corrected chi connectivity index (χ0v) is 10.1. The van der Waals surface area contributed by atoms with E-state index in [1.807, 2.05) is 0 Å². The maximum Gasteiger partial charge on any atom is 0.302 e. The normalized spacial score (nSPS) is 10.8. The second-order valence-corrected chi connectivity index (χ2v) is 3.80. The first-order chi connectivity index (χ1) is 7.27. The Kier molecular flexibility index (Phi) is 10.7. The highest BCUT2D eigenvalue weighted by Gasteiger charge is 1.92. The summed E-state index contributed by atoms with van der Waals surface area (Å²) in [6.45, 7) is 4.24. The SMILES string of the molecule is CCCC=CCCCCCCOC(C)=O. The monoisotopic (exact) mass is 212 g/mol. The number of esters is 1. The molecule has 0 saturated heterocycles. The fourth-order valence-corrected chi connectivity index (χ4v) is 1.34. The lowest BCUT2D eigenvalue weighted by Gasteiger charge is -2.00. The Hall–Kier alpha value is -0.790. The van der Waals surface area contributed by atoms with Gasteiger partial charge in [-0.3, -0.25) is 4.79 Å². The van der Waals surface area contributed by atoms with Crippen molar-refractivity contribution >= 4 is 5.97 Å². The van der Waals surface area contributed by atoms with Gasteiger partial charge in [-0.05, 0) is 25.7 Å². The highest BCUT2D eigenvalue weighted by molar-refractivity contribution is 5.65. The molecule has 0 aliphatic rings. The van der Waals surface area contributed by atoms with Crippen LogP contribution in [0, 0.1) is 0 Å². The second kappa shape index (κ2) is 11.3. The van der Waals surface area contributed by atoms with Crippen molar-refractivity contribution in [2.45, 2.75) is 58.8 Å². The third-order valence-corrected chi connectivity index (χ3v) is 2.19. The molecule has 2 heteroatoms. The summed E-state index contributed by atoms with van der Waals surface area (Å²) in [5.41, 5.74) is 0. The van der Waals surface area contributed by atoms with E-state index in [0.717, 1.165) is 12.8 Å². The molecule has 0 spiro atoms. The summed E-state index contributed by atoms with van der Waals surface area (Å²) in [5, 5.41) is 0. The molecule has 0 fully saturated rings. The van der Waals surface area contributed by atoms with Crippen LogP contribution in [0.3, 0.4) is 0 Å². The molecule has 0 rings (SSSR count). The van der Waals surface area contributed by atoms with Crippen molar-refractivity contribution in [1.82, 2.24) is 0 Å². The minimum Gasteiger partial charge on any atom is -0.466 e. The number of rotatable bonds is 9. The van der Waals surface area contributed by atoms with Crippen LogP contribution in [-0.2, 0) is 9.53 Å². The Balaban J connectivity index is 3.01. The predicted molar refractivity (Wildman–Crippen MR) is 63.8 cm³/mol. The molecular formula is C13H24O2. The molecule has 0 aromatic heterocycles. The summed E-state index contributed by atoms with van der Waals surface area (Å²) in [6.07, 6.45) is 12.8. The molecule has 0 unspecified atom stereocenters. The average Bonchev–Trinajstić information content (AvgIpc) is 2.20. The van der Waals surface area contributed by atoms with Gasteiger partial charge in [0.25, 0.3) is 0 Å². The van der Waals surface area contributed by atoms with Crippen molar-refractivity contribution in [1.29, 1.82) is 0 Å². The molecule has 0 heterocycles. The van der Waals surface area contributed by atoms with E-state index >= 15 is 0 Å². The number of allylic oxidation sites excluding steroid dienone is 2. The van der Waals surface area contributed by atoms with Gasteiger partial charge in [0.1, 0.15) is 0 Å². The van der Waals surface area contributed by atoms with Crippen molar-refractivity contribution in [2.24, 2.45) is 0 Å². The molecule has 0 bridgehead atoms. The molecule has 0 radical (unpaired) electrons. The number of carbonyl (C=O) groups is 1. The Morgan fingerprint density at radius 3 is 2.40 bits per heavy atom. The van der Waals surface area contributed by atoms with Crippen LogP contribution in [0.25, 0.3) is 0 Å². The summed E-state index contributed by atoms with van der Waals surface area (Å²) >= 11 is 0. The number of carbonyl (C=O) groups excluding carboxylic acids is 1. The number of hydrogen-bond acceptors (Lipinski definition) is 2. The first kappa shape index (κ1) is 14.2. The van der Waals surface area contributed by atoms with Crippen LogP contribution in [0.1, 0.15) is 58.8 Å². The first-order valence-corrected chi connectivity index (χ1v) is 6.05. The number of hydrogen-bond donors (Lipinski definition) is 0. The zero-order valence-electron chi connectivity index (χ0n) is 10.1. The van der Waals surface area contributed by atoms with Crippen molar-refractivity contribution in [3.05, 3.63) is 12.2 Å². The van der Waals surface area contributed by atoms with Gasteiger partial charge >= 0.3 is 5.97 Å². The van der Waals surface area contributed by atoms with Crippen LogP contribution >= 0.6 is 0 Å². The molecule has 0 amide bonds. The molecule has 2 nitrogen and oxygen atoms in total. The van der Waals surface area contributed by atoms with Crippen molar-refractivity contribution < 1.29 is 9.53 Å². The molecule has 0 atom stereocenters. The van der Waals surface area contributed by atoms with Gasteiger partial charge in [-0.25, -0.2) is 0 Å². The van der Waals surface area contributed by atoms with Crippen LogP contribution < -0.4 is 0 Å². The van der Waals surface area contributed by atoms with E-state index in [4.69, 9.17) is 4.74 Å². The Labute approximate surface area is 93.7 Å². The summed E-state index contributed by atoms with van der Waals surface area (Å²) < 4.78 is 4.85. The van der Waals surface area contributed by atoms with E-state index in [1.165, 1.54) is 39.0 Å². The maximum atomic E-state index is 10.4. The minimum atomic E-state index is -0.169.